The highest BCUT2D eigenvalue weighted by Crippen LogP contribution is 2.21. The Morgan fingerprint density at radius 1 is 1.25 bits per heavy atom. The maximum atomic E-state index is 11.6. The van der Waals surface area contributed by atoms with Gasteiger partial charge >= 0.3 is 0 Å². The lowest BCUT2D eigenvalue weighted by Gasteiger charge is -2.09. The van der Waals surface area contributed by atoms with Gasteiger partial charge in [-0.15, -0.1) is 0 Å². The van der Waals surface area contributed by atoms with Crippen LogP contribution in [-0.2, 0) is 13.1 Å². The van der Waals surface area contributed by atoms with Gasteiger partial charge in [0.15, 0.2) is 0 Å². The predicted molar refractivity (Wildman–Crippen MR) is 77.9 cm³/mol. The molecule has 4 heteroatoms. The van der Waals surface area contributed by atoms with Gasteiger partial charge in [-0.25, -0.2) is 0 Å². The van der Waals surface area contributed by atoms with Crippen molar-refractivity contribution in [2.75, 3.05) is 12.4 Å². The number of hydrogen-bond acceptors (Lipinski definition) is 3. The summed E-state index contributed by atoms with van der Waals surface area (Å²) in [6.07, 6.45) is 0. The normalized spacial score (nSPS) is 12.8. The summed E-state index contributed by atoms with van der Waals surface area (Å²) in [4.78, 5) is 11.6. The van der Waals surface area contributed by atoms with Crippen LogP contribution in [0.3, 0.4) is 0 Å². The molecule has 20 heavy (non-hydrogen) atoms. The van der Waals surface area contributed by atoms with Gasteiger partial charge in [0.05, 0.1) is 7.11 Å². The van der Waals surface area contributed by atoms with E-state index in [1.807, 2.05) is 42.5 Å². The lowest BCUT2D eigenvalue weighted by Crippen LogP contribution is -2.12. The summed E-state index contributed by atoms with van der Waals surface area (Å²) in [5.41, 5.74) is 3.90. The summed E-state index contributed by atoms with van der Waals surface area (Å²) < 4.78 is 5.20. The van der Waals surface area contributed by atoms with E-state index in [2.05, 4.69) is 10.6 Å². The molecule has 1 heterocycles. The standard InChI is InChI=1S/C16H16N2O2/c1-20-14-4-2-3-11(7-14)9-17-13-6-5-12-10-18-16(19)15(12)8-13/h2-8,17H,9-10H2,1H3,(H,18,19). The van der Waals surface area contributed by atoms with E-state index in [4.69, 9.17) is 4.74 Å². The Bertz CT molecular complexity index is 653. The minimum Gasteiger partial charge on any atom is -0.497 e. The van der Waals surface area contributed by atoms with Crippen LogP contribution in [0.25, 0.3) is 0 Å². The Balaban J connectivity index is 1.72. The molecular weight excluding hydrogens is 252 g/mol. The Kier molecular flexibility index (Phi) is 3.29. The molecule has 0 unspecified atom stereocenters. The van der Waals surface area contributed by atoms with E-state index in [-0.39, 0.29) is 5.91 Å². The second-order valence-electron chi connectivity index (χ2n) is 4.76. The van der Waals surface area contributed by atoms with Crippen molar-refractivity contribution in [3.05, 3.63) is 59.2 Å². The molecule has 1 aliphatic rings. The quantitative estimate of drug-likeness (QED) is 0.896. The van der Waals surface area contributed by atoms with Crippen LogP contribution in [0, 0.1) is 0 Å². The van der Waals surface area contributed by atoms with Crippen molar-refractivity contribution < 1.29 is 9.53 Å². The number of amides is 1. The molecule has 3 rings (SSSR count). The van der Waals surface area contributed by atoms with E-state index in [1.165, 1.54) is 0 Å². The Labute approximate surface area is 117 Å². The van der Waals surface area contributed by atoms with Crippen LogP contribution in [0.2, 0.25) is 0 Å². The molecule has 0 radical (unpaired) electrons. The molecule has 0 aliphatic carbocycles. The molecule has 1 aliphatic heterocycles. The first-order valence-corrected chi connectivity index (χ1v) is 6.54. The zero-order chi connectivity index (χ0) is 13.9. The topological polar surface area (TPSA) is 50.4 Å². The van der Waals surface area contributed by atoms with Gasteiger partial charge in [0.25, 0.3) is 5.91 Å². The Morgan fingerprint density at radius 2 is 2.15 bits per heavy atom. The first-order chi connectivity index (χ1) is 9.76. The maximum absolute atomic E-state index is 11.6. The number of nitrogens with one attached hydrogen (secondary N) is 2. The van der Waals surface area contributed by atoms with Gasteiger partial charge in [-0.1, -0.05) is 18.2 Å². The largest absolute Gasteiger partial charge is 0.497 e. The Hall–Kier alpha value is -2.49. The number of anilines is 1. The number of hydrogen-bond donors (Lipinski definition) is 2. The molecule has 2 aromatic carbocycles. The Morgan fingerprint density at radius 3 is 3.00 bits per heavy atom. The molecule has 0 saturated heterocycles. The van der Waals surface area contributed by atoms with Crippen molar-refractivity contribution in [1.82, 2.24) is 5.32 Å². The number of carbonyl (C=O) groups is 1. The summed E-state index contributed by atoms with van der Waals surface area (Å²) in [6, 6.07) is 13.8. The molecule has 2 N–H and O–H groups in total. The van der Waals surface area contributed by atoms with Crippen LogP contribution < -0.4 is 15.4 Å². The van der Waals surface area contributed by atoms with Crippen LogP contribution in [0.15, 0.2) is 42.5 Å². The summed E-state index contributed by atoms with van der Waals surface area (Å²) in [7, 11) is 1.66. The van der Waals surface area contributed by atoms with E-state index < -0.39 is 0 Å². The molecule has 1 amide bonds. The highest BCUT2D eigenvalue weighted by atomic mass is 16.5. The third-order valence-electron chi connectivity index (χ3n) is 3.42. The van der Waals surface area contributed by atoms with Crippen LogP contribution in [-0.4, -0.2) is 13.0 Å². The van der Waals surface area contributed by atoms with Gasteiger partial charge in [-0.2, -0.15) is 0 Å². The van der Waals surface area contributed by atoms with Crippen molar-refractivity contribution in [1.29, 1.82) is 0 Å². The maximum Gasteiger partial charge on any atom is 0.251 e. The van der Waals surface area contributed by atoms with Gasteiger partial charge in [0, 0.05) is 24.3 Å². The smallest absolute Gasteiger partial charge is 0.251 e. The fraction of sp³-hybridized carbons (Fsp3) is 0.188. The molecule has 2 aromatic rings. The van der Waals surface area contributed by atoms with Crippen LogP contribution >= 0.6 is 0 Å². The minimum atomic E-state index is 0.00466. The zero-order valence-electron chi connectivity index (χ0n) is 11.3. The van der Waals surface area contributed by atoms with Crippen molar-refractivity contribution >= 4 is 11.6 Å². The summed E-state index contributed by atoms with van der Waals surface area (Å²) in [5, 5.41) is 6.14. The first kappa shape index (κ1) is 12.5. The zero-order valence-corrected chi connectivity index (χ0v) is 11.3. The molecule has 0 bridgehead atoms. The summed E-state index contributed by atoms with van der Waals surface area (Å²) in [5.74, 6) is 0.850. The van der Waals surface area contributed by atoms with Gasteiger partial charge in [0.2, 0.25) is 0 Å². The number of methoxy groups -OCH3 is 1. The molecule has 0 spiro atoms. The lowest BCUT2D eigenvalue weighted by atomic mass is 10.1. The highest BCUT2D eigenvalue weighted by molar-refractivity contribution is 5.99. The number of ether oxygens (including phenoxy) is 1. The fourth-order valence-electron chi connectivity index (χ4n) is 2.31. The lowest BCUT2D eigenvalue weighted by molar-refractivity contribution is 0.0966. The SMILES string of the molecule is COc1cccc(CNc2ccc3c(c2)C(=O)NC3)c1. The van der Waals surface area contributed by atoms with Gasteiger partial charge in [-0.05, 0) is 35.4 Å². The fourth-order valence-corrected chi connectivity index (χ4v) is 2.31. The minimum absolute atomic E-state index is 0.00466. The number of fused-ring (bicyclic) bond motifs is 1. The third-order valence-corrected chi connectivity index (χ3v) is 3.42. The van der Waals surface area contributed by atoms with Crippen LogP contribution in [0.4, 0.5) is 5.69 Å². The molecule has 0 aromatic heterocycles. The number of carbonyl (C=O) groups excluding carboxylic acids is 1. The summed E-state index contributed by atoms with van der Waals surface area (Å²) in [6.45, 7) is 1.32. The second-order valence-corrected chi connectivity index (χ2v) is 4.76. The molecule has 0 fully saturated rings. The van der Waals surface area contributed by atoms with E-state index in [0.29, 0.717) is 13.1 Å². The monoisotopic (exact) mass is 268 g/mol. The third kappa shape index (κ3) is 2.45. The average molecular weight is 268 g/mol. The van der Waals surface area contributed by atoms with Gasteiger partial charge in [-0.3, -0.25) is 4.79 Å². The molecule has 102 valence electrons. The second kappa shape index (κ2) is 5.25. The molecule has 0 atom stereocenters. The van der Waals surface area contributed by atoms with E-state index in [9.17, 15) is 4.79 Å². The van der Waals surface area contributed by atoms with Crippen molar-refractivity contribution in [3.8, 4) is 5.75 Å². The number of rotatable bonds is 4. The number of benzene rings is 2. The van der Waals surface area contributed by atoms with Crippen LogP contribution in [0.5, 0.6) is 5.75 Å². The van der Waals surface area contributed by atoms with Crippen molar-refractivity contribution in [2.24, 2.45) is 0 Å². The van der Waals surface area contributed by atoms with Crippen LogP contribution in [0.1, 0.15) is 21.5 Å². The molecular formula is C16H16N2O2. The van der Waals surface area contributed by atoms with E-state index in [0.717, 1.165) is 28.1 Å². The average Bonchev–Trinajstić information content (AvgIpc) is 2.86. The summed E-state index contributed by atoms with van der Waals surface area (Å²) >= 11 is 0. The van der Waals surface area contributed by atoms with Gasteiger partial charge < -0.3 is 15.4 Å². The first-order valence-electron chi connectivity index (χ1n) is 6.54. The van der Waals surface area contributed by atoms with Crippen molar-refractivity contribution in [2.45, 2.75) is 13.1 Å². The highest BCUT2D eigenvalue weighted by Gasteiger charge is 2.18. The van der Waals surface area contributed by atoms with E-state index in [1.54, 1.807) is 7.11 Å². The predicted octanol–water partition coefficient (Wildman–Crippen LogP) is 2.55. The molecule has 0 saturated carbocycles. The molecule has 4 nitrogen and oxygen atoms in total. The van der Waals surface area contributed by atoms with Gasteiger partial charge in [0.1, 0.15) is 5.75 Å². The van der Waals surface area contributed by atoms with Crippen molar-refractivity contribution in [3.63, 3.8) is 0 Å². The van der Waals surface area contributed by atoms with E-state index >= 15 is 0 Å².